The molecule has 0 aromatic heterocycles. The van der Waals surface area contributed by atoms with E-state index >= 15 is 0 Å². The molecule has 3 N–H and O–H groups in total. The zero-order chi connectivity index (χ0) is 31.9. The summed E-state index contributed by atoms with van der Waals surface area (Å²) in [5, 5.41) is 7.50. The van der Waals surface area contributed by atoms with Crippen molar-refractivity contribution in [1.82, 2.24) is 5.32 Å². The van der Waals surface area contributed by atoms with E-state index in [-0.39, 0.29) is 16.4 Å². The number of anilines is 2. The highest BCUT2D eigenvalue weighted by molar-refractivity contribution is 8.00. The van der Waals surface area contributed by atoms with Gasteiger partial charge in [-0.3, -0.25) is 14.4 Å². The molecule has 4 rings (SSSR count). The largest absolute Gasteiger partial charge is 0.416 e. The van der Waals surface area contributed by atoms with Crippen LogP contribution in [-0.2, 0) is 15.8 Å². The van der Waals surface area contributed by atoms with Gasteiger partial charge >= 0.3 is 6.18 Å². The number of carbonyl (C=O) groups excluding carboxylic acids is 3. The monoisotopic (exact) mass is 657 g/mol. The van der Waals surface area contributed by atoms with Gasteiger partial charge in [-0.1, -0.05) is 59.6 Å². The van der Waals surface area contributed by atoms with Gasteiger partial charge in [-0.15, -0.1) is 11.8 Å². The molecule has 1 atom stereocenters. The number of nitrogens with one attached hydrogen (secondary N) is 3. The second-order valence-electron chi connectivity index (χ2n) is 9.32. The Morgan fingerprint density at radius 2 is 1.48 bits per heavy atom. The Bertz CT molecular complexity index is 1700. The second kappa shape index (κ2) is 14.5. The van der Waals surface area contributed by atoms with Crippen molar-refractivity contribution < 1.29 is 27.6 Å². The van der Waals surface area contributed by atoms with Gasteiger partial charge in [0.25, 0.3) is 11.8 Å². The molecule has 0 heterocycles. The third-order valence-corrected chi connectivity index (χ3v) is 7.87. The summed E-state index contributed by atoms with van der Waals surface area (Å²) in [7, 11) is 0. The first kappa shape index (κ1) is 32.7. The number of halogens is 5. The maximum Gasteiger partial charge on any atom is 0.416 e. The Kier molecular flexibility index (Phi) is 10.7. The minimum absolute atomic E-state index is 0.0217. The van der Waals surface area contributed by atoms with Crippen LogP contribution in [0.25, 0.3) is 6.08 Å². The summed E-state index contributed by atoms with van der Waals surface area (Å²) in [5.74, 6) is -1.62. The van der Waals surface area contributed by atoms with Crippen molar-refractivity contribution in [3.63, 3.8) is 0 Å². The molecule has 226 valence electrons. The third kappa shape index (κ3) is 8.89. The molecule has 3 amide bonds. The number of alkyl halides is 3. The van der Waals surface area contributed by atoms with E-state index in [2.05, 4.69) is 16.0 Å². The maximum atomic E-state index is 13.3. The Morgan fingerprint density at radius 1 is 0.818 bits per heavy atom. The van der Waals surface area contributed by atoms with E-state index in [1.807, 2.05) is 0 Å². The smallest absolute Gasteiger partial charge is 0.324 e. The molecular formula is C32H24Cl2F3N3O3S. The first-order valence-corrected chi connectivity index (χ1v) is 14.6. The Morgan fingerprint density at radius 3 is 2.14 bits per heavy atom. The van der Waals surface area contributed by atoms with Gasteiger partial charge in [0.1, 0.15) is 5.70 Å². The normalized spacial score (nSPS) is 12.3. The number of hydrogen-bond donors (Lipinski definition) is 3. The number of thioether (sulfide) groups is 1. The number of benzene rings is 4. The molecule has 0 spiro atoms. The molecule has 0 saturated heterocycles. The van der Waals surface area contributed by atoms with Gasteiger partial charge in [0.15, 0.2) is 0 Å². The van der Waals surface area contributed by atoms with Crippen LogP contribution in [0.15, 0.2) is 108 Å². The standard InChI is InChI=1S/C32H24Cl2F3N3O3S/c1-19(29(41)39-27-18-22(32(35,36)37)11-16-26(27)34)44-24-14-12-23(13-15-24)38-31(43)28(17-21-9-5-6-10-25(21)33)40-30(42)20-7-3-2-4-8-20/h2-19H,1H3,(H,38,43)(H,39,41)(H,40,42)/b28-17-. The molecule has 4 aromatic carbocycles. The van der Waals surface area contributed by atoms with Crippen LogP contribution in [0.4, 0.5) is 24.5 Å². The van der Waals surface area contributed by atoms with E-state index in [1.54, 1.807) is 85.8 Å². The Hall–Kier alpha value is -4.25. The molecular weight excluding hydrogens is 634 g/mol. The average Bonchev–Trinajstić information content (AvgIpc) is 2.99. The lowest BCUT2D eigenvalue weighted by molar-refractivity contribution is -0.137. The van der Waals surface area contributed by atoms with Crippen molar-refractivity contribution in [2.24, 2.45) is 0 Å². The predicted octanol–water partition coefficient (Wildman–Crippen LogP) is 8.54. The first-order valence-electron chi connectivity index (χ1n) is 13.0. The minimum atomic E-state index is -4.58. The molecule has 0 aliphatic carbocycles. The maximum absolute atomic E-state index is 13.3. The number of amides is 3. The molecule has 4 aromatic rings. The van der Waals surface area contributed by atoms with Gasteiger partial charge < -0.3 is 16.0 Å². The van der Waals surface area contributed by atoms with Crippen LogP contribution in [0.1, 0.15) is 28.4 Å². The third-order valence-electron chi connectivity index (χ3n) is 6.08. The van der Waals surface area contributed by atoms with Crippen LogP contribution in [-0.4, -0.2) is 23.0 Å². The summed E-state index contributed by atoms with van der Waals surface area (Å²) in [4.78, 5) is 39.4. The predicted molar refractivity (Wildman–Crippen MR) is 169 cm³/mol. The molecule has 44 heavy (non-hydrogen) atoms. The van der Waals surface area contributed by atoms with E-state index < -0.39 is 34.7 Å². The van der Waals surface area contributed by atoms with Crippen molar-refractivity contribution >= 4 is 70.1 Å². The Labute approximate surface area is 265 Å². The highest BCUT2D eigenvalue weighted by Crippen LogP contribution is 2.34. The topological polar surface area (TPSA) is 87.3 Å². The van der Waals surface area contributed by atoms with Crippen LogP contribution >= 0.6 is 35.0 Å². The zero-order valence-corrected chi connectivity index (χ0v) is 25.2. The van der Waals surface area contributed by atoms with Gasteiger partial charge in [0.2, 0.25) is 5.91 Å². The van der Waals surface area contributed by atoms with Crippen LogP contribution in [0.5, 0.6) is 0 Å². The summed E-state index contributed by atoms with van der Waals surface area (Å²) < 4.78 is 39.2. The average molecular weight is 659 g/mol. The molecule has 0 fully saturated rings. The zero-order valence-electron chi connectivity index (χ0n) is 22.9. The molecule has 0 bridgehead atoms. The van der Waals surface area contributed by atoms with E-state index in [9.17, 15) is 27.6 Å². The van der Waals surface area contributed by atoms with Gasteiger partial charge in [-0.05, 0) is 79.2 Å². The van der Waals surface area contributed by atoms with Crippen LogP contribution < -0.4 is 16.0 Å². The van der Waals surface area contributed by atoms with Gasteiger partial charge in [-0.2, -0.15) is 13.2 Å². The number of rotatable bonds is 9. The highest BCUT2D eigenvalue weighted by atomic mass is 35.5. The lowest BCUT2D eigenvalue weighted by atomic mass is 10.1. The van der Waals surface area contributed by atoms with Crippen molar-refractivity contribution in [2.45, 2.75) is 23.2 Å². The number of hydrogen-bond acceptors (Lipinski definition) is 4. The first-order chi connectivity index (χ1) is 20.9. The minimum Gasteiger partial charge on any atom is -0.324 e. The van der Waals surface area contributed by atoms with Crippen molar-refractivity contribution in [3.8, 4) is 0 Å². The molecule has 0 radical (unpaired) electrons. The molecule has 12 heteroatoms. The van der Waals surface area contributed by atoms with Crippen molar-refractivity contribution in [3.05, 3.63) is 129 Å². The van der Waals surface area contributed by atoms with Gasteiger partial charge in [-0.25, -0.2) is 0 Å². The van der Waals surface area contributed by atoms with Gasteiger partial charge in [0.05, 0.1) is 21.5 Å². The fourth-order valence-electron chi connectivity index (χ4n) is 3.79. The van der Waals surface area contributed by atoms with E-state index in [0.717, 1.165) is 30.0 Å². The van der Waals surface area contributed by atoms with Crippen LogP contribution in [0.3, 0.4) is 0 Å². The fraction of sp³-hybridized carbons (Fsp3) is 0.0938. The van der Waals surface area contributed by atoms with Crippen LogP contribution in [0.2, 0.25) is 10.0 Å². The van der Waals surface area contributed by atoms with E-state index in [1.165, 1.54) is 6.08 Å². The summed E-state index contributed by atoms with van der Waals surface area (Å²) in [6.07, 6.45) is -3.11. The van der Waals surface area contributed by atoms with E-state index in [4.69, 9.17) is 23.2 Å². The quantitative estimate of drug-likeness (QED) is 0.124. The SMILES string of the molecule is CC(Sc1ccc(NC(=O)/C(=C/c2ccccc2Cl)NC(=O)c2ccccc2)cc1)C(=O)Nc1cc(C(F)(F)F)ccc1Cl. The molecule has 6 nitrogen and oxygen atoms in total. The van der Waals surface area contributed by atoms with Crippen molar-refractivity contribution in [2.75, 3.05) is 10.6 Å². The summed E-state index contributed by atoms with van der Waals surface area (Å²) in [6, 6.07) is 24.5. The fourth-order valence-corrected chi connectivity index (χ4v) is 5.02. The molecule has 0 aliphatic heterocycles. The summed E-state index contributed by atoms with van der Waals surface area (Å²) >= 11 is 13.4. The molecule has 0 saturated carbocycles. The van der Waals surface area contributed by atoms with Crippen LogP contribution in [0, 0.1) is 0 Å². The van der Waals surface area contributed by atoms with Crippen molar-refractivity contribution in [1.29, 1.82) is 0 Å². The van der Waals surface area contributed by atoms with E-state index in [0.29, 0.717) is 26.7 Å². The summed E-state index contributed by atoms with van der Waals surface area (Å²) in [6.45, 7) is 1.60. The lowest BCUT2D eigenvalue weighted by Gasteiger charge is -2.15. The second-order valence-corrected chi connectivity index (χ2v) is 11.5. The number of carbonyl (C=O) groups is 3. The Balaban J connectivity index is 1.43. The molecule has 0 aliphatic rings. The highest BCUT2D eigenvalue weighted by Gasteiger charge is 2.31. The summed E-state index contributed by atoms with van der Waals surface area (Å²) in [5.41, 5.74) is 0.185. The van der Waals surface area contributed by atoms with Gasteiger partial charge in [0, 0.05) is 21.2 Å². The molecule has 1 unspecified atom stereocenters. The lowest BCUT2D eigenvalue weighted by Crippen LogP contribution is -2.30.